The zero-order valence-corrected chi connectivity index (χ0v) is 43.2. The van der Waals surface area contributed by atoms with E-state index >= 15 is 0 Å². The second-order valence-corrected chi connectivity index (χ2v) is 24.0. The van der Waals surface area contributed by atoms with E-state index in [1.54, 1.807) is 0 Å². The molecule has 24 heteroatoms. The van der Waals surface area contributed by atoms with E-state index in [2.05, 4.69) is 19.9 Å². The van der Waals surface area contributed by atoms with E-state index in [1.165, 1.54) is 6.92 Å². The molecule has 9 aliphatic rings. The maximum absolute atomic E-state index is 13.1. The summed E-state index contributed by atoms with van der Waals surface area (Å²) in [6.45, 7) is 7.71. The van der Waals surface area contributed by atoms with Crippen LogP contribution in [-0.4, -0.2) is 249 Å². The summed E-state index contributed by atoms with van der Waals surface area (Å²) in [4.78, 5) is 0. The molecule has 0 unspecified atom stereocenters. The second-order valence-electron chi connectivity index (χ2n) is 24.0. The molecule has 5 heterocycles. The molecule has 0 aromatic heterocycles. The Labute approximate surface area is 435 Å². The number of allylic oxidation sites excluding steroid dienone is 1. The highest BCUT2D eigenvalue weighted by atomic mass is 16.8. The molecule has 5 aliphatic heterocycles. The molecule has 0 amide bonds. The monoisotopic (exact) mass is 1080 g/mol. The lowest BCUT2D eigenvalue weighted by Crippen LogP contribution is -2.67. The maximum atomic E-state index is 13.1. The fourth-order valence-corrected chi connectivity index (χ4v) is 14.9. The normalized spacial score (nSPS) is 55.3. The predicted octanol–water partition coefficient (Wildman–Crippen LogP) is -3.89. The molecular weight excluding hydrogens is 997 g/mol. The van der Waals surface area contributed by atoms with Crippen LogP contribution in [0.5, 0.6) is 0 Å². The molecular formula is C51H84O24. The van der Waals surface area contributed by atoms with Crippen LogP contribution in [0.2, 0.25) is 0 Å². The third kappa shape index (κ3) is 10.1. The number of rotatable bonds is 15. The van der Waals surface area contributed by atoms with Crippen LogP contribution < -0.4 is 0 Å². The molecule has 31 atom stereocenters. The quantitative estimate of drug-likeness (QED) is 0.0697. The van der Waals surface area contributed by atoms with E-state index in [1.807, 2.05) is 13.8 Å². The minimum Gasteiger partial charge on any atom is -0.394 e. The average molecular weight is 1080 g/mol. The highest BCUT2D eigenvalue weighted by Crippen LogP contribution is 2.71. The van der Waals surface area contributed by atoms with Gasteiger partial charge in [-0.2, -0.15) is 0 Å². The summed E-state index contributed by atoms with van der Waals surface area (Å²) in [6.07, 6.45) is -25.2. The van der Waals surface area contributed by atoms with Crippen LogP contribution in [0, 0.1) is 40.4 Å². The average Bonchev–Trinajstić information content (AvgIpc) is 3.77. The van der Waals surface area contributed by atoms with Gasteiger partial charge in [0.25, 0.3) is 0 Å². The molecule has 24 nitrogen and oxygen atoms in total. The van der Waals surface area contributed by atoms with E-state index in [0.29, 0.717) is 44.9 Å². The van der Waals surface area contributed by atoms with Crippen molar-refractivity contribution in [2.24, 2.45) is 40.4 Å². The smallest absolute Gasteiger partial charge is 0.187 e. The van der Waals surface area contributed by atoms with E-state index in [-0.39, 0.29) is 48.0 Å². The van der Waals surface area contributed by atoms with Crippen molar-refractivity contribution in [3.8, 4) is 0 Å². The molecule has 0 aromatic carbocycles. The molecule has 0 radical (unpaired) electrons. The Morgan fingerprint density at radius 3 is 1.83 bits per heavy atom. The van der Waals surface area contributed by atoms with Crippen LogP contribution in [0.15, 0.2) is 11.6 Å². The molecule has 4 aliphatic carbocycles. The van der Waals surface area contributed by atoms with Crippen LogP contribution in [0.25, 0.3) is 0 Å². The van der Waals surface area contributed by atoms with Crippen molar-refractivity contribution in [2.45, 2.75) is 239 Å². The Balaban J connectivity index is 0.878. The van der Waals surface area contributed by atoms with Gasteiger partial charge >= 0.3 is 0 Å². The fourth-order valence-electron chi connectivity index (χ4n) is 14.9. The largest absolute Gasteiger partial charge is 0.394 e. The van der Waals surface area contributed by atoms with Crippen molar-refractivity contribution >= 4 is 0 Å². The van der Waals surface area contributed by atoms with Crippen molar-refractivity contribution in [1.29, 1.82) is 0 Å². The van der Waals surface area contributed by atoms with E-state index in [4.69, 9.17) is 42.6 Å². The van der Waals surface area contributed by atoms with Gasteiger partial charge in [-0.3, -0.25) is 0 Å². The molecule has 75 heavy (non-hydrogen) atoms. The summed E-state index contributed by atoms with van der Waals surface area (Å²) in [5.74, 6) is -2.14. The van der Waals surface area contributed by atoms with Crippen molar-refractivity contribution < 1.29 is 119 Å². The molecule has 432 valence electrons. The van der Waals surface area contributed by atoms with E-state index in [9.17, 15) is 76.6 Å². The van der Waals surface area contributed by atoms with Gasteiger partial charge in [-0.1, -0.05) is 39.3 Å². The van der Waals surface area contributed by atoms with Gasteiger partial charge in [-0.05, 0) is 75.0 Å². The lowest BCUT2D eigenvalue weighted by Gasteiger charge is -2.61. The van der Waals surface area contributed by atoms with Gasteiger partial charge in [0, 0.05) is 30.1 Å². The van der Waals surface area contributed by atoms with Gasteiger partial charge in [0.05, 0.1) is 50.3 Å². The Morgan fingerprint density at radius 1 is 0.627 bits per heavy atom. The Kier molecular flexibility index (Phi) is 17.3. The Hall–Kier alpha value is -1.22. The van der Waals surface area contributed by atoms with E-state index in [0.717, 1.165) is 12.0 Å². The predicted molar refractivity (Wildman–Crippen MR) is 252 cm³/mol. The first kappa shape index (κ1) is 58.4. The third-order valence-corrected chi connectivity index (χ3v) is 19.7. The number of aliphatic hydroxyl groups excluding tert-OH is 13. The molecule has 0 spiro atoms. The summed E-state index contributed by atoms with van der Waals surface area (Å²) in [6, 6.07) is 0. The van der Waals surface area contributed by atoms with Gasteiger partial charge in [0.1, 0.15) is 91.6 Å². The highest BCUT2D eigenvalue weighted by Gasteiger charge is 2.74. The molecule has 0 bridgehead atoms. The maximum Gasteiger partial charge on any atom is 0.187 e. The van der Waals surface area contributed by atoms with Crippen LogP contribution in [0.1, 0.15) is 92.4 Å². The van der Waals surface area contributed by atoms with Gasteiger partial charge < -0.3 is 119 Å². The van der Waals surface area contributed by atoms with Crippen LogP contribution in [0.4, 0.5) is 0 Å². The second kappa shape index (κ2) is 22.3. The van der Waals surface area contributed by atoms with Gasteiger partial charge in [0.15, 0.2) is 30.9 Å². The highest BCUT2D eigenvalue weighted by molar-refractivity contribution is 5.29. The number of aliphatic hydroxyl groups is 15. The van der Waals surface area contributed by atoms with Gasteiger partial charge in [0.2, 0.25) is 0 Å². The zero-order chi connectivity index (χ0) is 54.4. The number of hydrogen-bond donors (Lipinski definition) is 15. The molecule has 8 fully saturated rings. The topological polar surface area (TPSA) is 387 Å². The zero-order valence-electron chi connectivity index (χ0n) is 43.2. The first-order chi connectivity index (χ1) is 35.4. The third-order valence-electron chi connectivity index (χ3n) is 19.7. The number of hydrogen-bond acceptors (Lipinski definition) is 24. The Morgan fingerprint density at radius 2 is 1.19 bits per heavy atom. The number of ether oxygens (including phenoxy) is 9. The van der Waals surface area contributed by atoms with Gasteiger partial charge in [-0.25, -0.2) is 0 Å². The molecule has 0 aromatic rings. The Bertz CT molecular complexity index is 1970. The van der Waals surface area contributed by atoms with Crippen LogP contribution in [0.3, 0.4) is 0 Å². The molecule has 3 saturated carbocycles. The minimum absolute atomic E-state index is 0.0787. The summed E-state index contributed by atoms with van der Waals surface area (Å²) in [5.41, 5.74) is -0.935. The van der Waals surface area contributed by atoms with Crippen LogP contribution in [-0.2, 0) is 42.6 Å². The van der Waals surface area contributed by atoms with Crippen LogP contribution >= 0.6 is 0 Å². The lowest BCUT2D eigenvalue weighted by molar-refractivity contribution is -0.394. The summed E-state index contributed by atoms with van der Waals surface area (Å²) < 4.78 is 54.5. The minimum atomic E-state index is -1.90. The van der Waals surface area contributed by atoms with Crippen molar-refractivity contribution in [1.82, 2.24) is 0 Å². The number of fused-ring (bicyclic) bond motifs is 7. The fraction of sp³-hybridized carbons (Fsp3) is 0.961. The summed E-state index contributed by atoms with van der Waals surface area (Å²) >= 11 is 0. The molecule has 9 rings (SSSR count). The SMILES string of the molecule is C[C@H](CC[C@]1(O)O[C@H]2C[C@@]3(O)[C@@H]4CC=C5C[C@@H](O[C@@H]6O[C@H](CO)[C@@H](O)[C@H](O[C@@H]7O[C@H](CO)[C@@H](O)[C@H](O)[C@H]7O)[C@H]6O[C@@H]6O[C@@H](C)[C@H](O)[C@@H](O)[C@H]6O)CC[C@]5(C)[C@H]4CC[C@]3(C)[C@H]2[C@@H]1C)CO[C@@H]1O[C@H](CO)[C@@H](O)[C@H](O)[C@H]1O. The standard InChI is InChI=1S/C51H84O24/c1-20(19-67-44-39(62)37(60)33(56)28(16-52)70-44)8-13-51(66)21(2)31-27(75-51)15-50(65)26-7-6-23-14-24(9-11-48(23,4)25(26)10-12-49(31,50)5)69-47-43(74-45-40(63)36(59)32(55)22(3)68-45)42(35(58)30(18-54)72-47)73-46-41(64)38(61)34(57)29(17-53)71-46/h6,20-22,24-47,52-66H,7-19H2,1-5H3/t20-,21+,22+,24+,25+,26-,27+,28-,29-,30-,31+,32+,33-,34-,35-,36-,37+,38+,39-,40-,41-,42+,43-,44-,45+,46+,47-,48+,49-,50-,51+/m1/s1. The first-order valence-corrected chi connectivity index (χ1v) is 27.0. The van der Waals surface area contributed by atoms with Crippen molar-refractivity contribution in [3.63, 3.8) is 0 Å². The molecule has 15 N–H and O–H groups in total. The summed E-state index contributed by atoms with van der Waals surface area (Å²) in [7, 11) is 0. The summed E-state index contributed by atoms with van der Waals surface area (Å²) in [5, 5.41) is 162. The van der Waals surface area contributed by atoms with Crippen molar-refractivity contribution in [3.05, 3.63) is 11.6 Å². The van der Waals surface area contributed by atoms with E-state index < -0.39 is 172 Å². The molecule has 5 saturated heterocycles. The first-order valence-electron chi connectivity index (χ1n) is 27.0. The lowest BCUT2D eigenvalue weighted by atomic mass is 9.45. The van der Waals surface area contributed by atoms with Crippen molar-refractivity contribution in [2.75, 3.05) is 26.4 Å². The van der Waals surface area contributed by atoms with Gasteiger partial charge in [-0.15, -0.1) is 0 Å².